The van der Waals surface area contributed by atoms with Gasteiger partial charge in [-0.05, 0) is 61.9 Å². The van der Waals surface area contributed by atoms with Crippen molar-refractivity contribution < 1.29 is 14.6 Å². The Morgan fingerprint density at radius 2 is 2.04 bits per heavy atom. The smallest absolute Gasteiger partial charge is 0.262 e. The van der Waals surface area contributed by atoms with Crippen molar-refractivity contribution in [2.45, 2.75) is 19.9 Å². The lowest BCUT2D eigenvalue weighted by Crippen LogP contribution is -2.34. The van der Waals surface area contributed by atoms with Crippen LogP contribution < -0.4 is 15.5 Å². The molecule has 1 atom stereocenters. The topological polar surface area (TPSA) is 83.0 Å². The van der Waals surface area contributed by atoms with Crippen LogP contribution in [0.4, 0.5) is 5.69 Å². The number of carbonyl (C=O) groups is 1. The van der Waals surface area contributed by atoms with Crippen LogP contribution in [0.25, 0.3) is 0 Å². The van der Waals surface area contributed by atoms with Gasteiger partial charge in [-0.3, -0.25) is 4.79 Å². The lowest BCUT2D eigenvalue weighted by atomic mass is 10.2. The van der Waals surface area contributed by atoms with Crippen molar-refractivity contribution in [3.05, 3.63) is 52.5 Å². The van der Waals surface area contributed by atoms with Crippen LogP contribution in [0.2, 0.25) is 0 Å². The van der Waals surface area contributed by atoms with Gasteiger partial charge in [-0.15, -0.1) is 0 Å². The van der Waals surface area contributed by atoms with E-state index in [0.717, 1.165) is 10.2 Å². The third-order valence-electron chi connectivity index (χ3n) is 3.29. The zero-order valence-corrected chi connectivity index (χ0v) is 15.6. The summed E-state index contributed by atoms with van der Waals surface area (Å²) in [4.78, 5) is 12.0. The zero-order chi connectivity index (χ0) is 18.2. The predicted octanol–water partition coefficient (Wildman–Crippen LogP) is 3.50. The molecule has 0 aliphatic rings. The molecule has 3 N–H and O–H groups in total. The number of anilines is 1. The van der Waals surface area contributed by atoms with Gasteiger partial charge in [-0.25, -0.2) is 5.43 Å². The Balaban J connectivity index is 1.89. The molecule has 0 aliphatic carbocycles. The number of rotatable bonds is 7. The Labute approximate surface area is 155 Å². The van der Waals surface area contributed by atoms with Gasteiger partial charge in [-0.1, -0.05) is 15.9 Å². The summed E-state index contributed by atoms with van der Waals surface area (Å²) in [7, 11) is 0. The second-order valence-electron chi connectivity index (χ2n) is 5.27. The number of nitrogens with zero attached hydrogens (tertiary/aromatic N) is 1. The predicted molar refractivity (Wildman–Crippen MR) is 102 cm³/mol. The first-order chi connectivity index (χ1) is 12.0. The number of hydrogen-bond acceptors (Lipinski definition) is 5. The van der Waals surface area contributed by atoms with Gasteiger partial charge in [0.05, 0.1) is 12.8 Å². The van der Waals surface area contributed by atoms with Crippen LogP contribution in [-0.4, -0.2) is 29.9 Å². The van der Waals surface area contributed by atoms with Gasteiger partial charge in [0.2, 0.25) is 0 Å². The van der Waals surface area contributed by atoms with Crippen molar-refractivity contribution in [2.75, 3.05) is 11.9 Å². The molecule has 2 aromatic rings. The van der Waals surface area contributed by atoms with Gasteiger partial charge in [0.25, 0.3) is 5.91 Å². The summed E-state index contributed by atoms with van der Waals surface area (Å²) in [6, 6.07) is 12.0. The number of phenolic OH excluding ortho intramolecular Hbond substituents is 1. The second-order valence-corrected chi connectivity index (χ2v) is 6.18. The number of nitrogens with one attached hydrogen (secondary N) is 2. The number of benzene rings is 2. The number of amides is 1. The van der Waals surface area contributed by atoms with Crippen molar-refractivity contribution in [3.63, 3.8) is 0 Å². The number of ether oxygens (including phenoxy) is 1. The van der Waals surface area contributed by atoms with E-state index in [9.17, 15) is 9.90 Å². The summed E-state index contributed by atoms with van der Waals surface area (Å²) in [5.74, 6) is 0.174. The molecule has 7 heteroatoms. The minimum atomic E-state index is -0.452. The highest BCUT2D eigenvalue weighted by Gasteiger charge is 2.11. The van der Waals surface area contributed by atoms with E-state index < -0.39 is 6.04 Å². The molecule has 1 amide bonds. The van der Waals surface area contributed by atoms with E-state index in [4.69, 9.17) is 4.74 Å². The maximum Gasteiger partial charge on any atom is 0.262 e. The molecule has 0 aliphatic heterocycles. The fraction of sp³-hybridized carbons (Fsp3) is 0.222. The molecule has 25 heavy (non-hydrogen) atoms. The minimum Gasteiger partial charge on any atom is -0.504 e. The Morgan fingerprint density at radius 3 is 2.68 bits per heavy atom. The van der Waals surface area contributed by atoms with E-state index in [1.807, 2.05) is 31.2 Å². The number of carbonyl (C=O) groups excluding carboxylic acids is 1. The first kappa shape index (κ1) is 18.8. The standard InChI is InChI=1S/C18H20BrN3O3/c1-3-25-17-9-4-13(10-16(17)23)11-20-22-18(24)12(2)21-15-7-5-14(19)6-8-15/h4-12,21,23H,3H2,1-2H3,(H,22,24). The molecule has 1 unspecified atom stereocenters. The summed E-state index contributed by atoms with van der Waals surface area (Å²) >= 11 is 3.36. The largest absolute Gasteiger partial charge is 0.504 e. The van der Waals surface area contributed by atoms with Crippen LogP contribution in [0.15, 0.2) is 52.0 Å². The van der Waals surface area contributed by atoms with Gasteiger partial charge in [-0.2, -0.15) is 5.10 Å². The van der Waals surface area contributed by atoms with Gasteiger partial charge >= 0.3 is 0 Å². The zero-order valence-electron chi connectivity index (χ0n) is 14.0. The molecule has 0 saturated carbocycles. The number of hydrogen-bond donors (Lipinski definition) is 3. The lowest BCUT2D eigenvalue weighted by molar-refractivity contribution is -0.121. The fourth-order valence-electron chi connectivity index (χ4n) is 2.02. The van der Waals surface area contributed by atoms with E-state index in [0.29, 0.717) is 17.9 Å². The van der Waals surface area contributed by atoms with Crippen LogP contribution in [-0.2, 0) is 4.79 Å². The molecule has 132 valence electrons. The number of phenols is 1. The van der Waals surface area contributed by atoms with E-state index in [-0.39, 0.29) is 11.7 Å². The van der Waals surface area contributed by atoms with Crippen LogP contribution in [0.3, 0.4) is 0 Å². The molecule has 0 saturated heterocycles. The van der Waals surface area contributed by atoms with Gasteiger partial charge in [0.1, 0.15) is 6.04 Å². The Hall–Kier alpha value is -2.54. The van der Waals surface area contributed by atoms with Crippen molar-refractivity contribution in [1.29, 1.82) is 0 Å². The third kappa shape index (κ3) is 5.79. The highest BCUT2D eigenvalue weighted by molar-refractivity contribution is 9.10. The van der Waals surface area contributed by atoms with E-state index >= 15 is 0 Å². The fourth-order valence-corrected chi connectivity index (χ4v) is 2.29. The van der Waals surface area contributed by atoms with E-state index in [1.54, 1.807) is 19.1 Å². The summed E-state index contributed by atoms with van der Waals surface area (Å²) in [5, 5.41) is 16.8. The molecule has 0 aromatic heterocycles. The Kier molecular flexibility index (Phi) is 6.82. The first-order valence-corrected chi connectivity index (χ1v) is 8.59. The molecule has 0 fully saturated rings. The number of aromatic hydroxyl groups is 1. The van der Waals surface area contributed by atoms with Crippen molar-refractivity contribution >= 4 is 33.7 Å². The third-order valence-corrected chi connectivity index (χ3v) is 3.82. The summed E-state index contributed by atoms with van der Waals surface area (Å²) in [6.45, 7) is 4.06. The first-order valence-electron chi connectivity index (χ1n) is 7.80. The lowest BCUT2D eigenvalue weighted by Gasteiger charge is -2.13. The molecule has 0 spiro atoms. The van der Waals surface area contributed by atoms with Crippen LogP contribution in [0.5, 0.6) is 11.5 Å². The summed E-state index contributed by atoms with van der Waals surface area (Å²) in [5.41, 5.74) is 3.95. The molecule has 0 heterocycles. The average Bonchev–Trinajstić information content (AvgIpc) is 2.59. The highest BCUT2D eigenvalue weighted by Crippen LogP contribution is 2.26. The molecular formula is C18H20BrN3O3. The van der Waals surface area contributed by atoms with E-state index in [1.165, 1.54) is 12.3 Å². The van der Waals surface area contributed by atoms with Crippen molar-refractivity contribution in [3.8, 4) is 11.5 Å². The van der Waals surface area contributed by atoms with Gasteiger partial charge < -0.3 is 15.2 Å². The Bertz CT molecular complexity index is 748. The van der Waals surface area contributed by atoms with Crippen molar-refractivity contribution in [1.82, 2.24) is 5.43 Å². The minimum absolute atomic E-state index is 0.0300. The average molecular weight is 406 g/mol. The van der Waals surface area contributed by atoms with Crippen LogP contribution in [0.1, 0.15) is 19.4 Å². The number of hydrazone groups is 1. The van der Waals surface area contributed by atoms with E-state index in [2.05, 4.69) is 31.8 Å². The van der Waals surface area contributed by atoms with Gasteiger partial charge in [0, 0.05) is 10.2 Å². The number of halogens is 1. The molecular weight excluding hydrogens is 386 g/mol. The summed E-state index contributed by atoms with van der Waals surface area (Å²) < 4.78 is 6.22. The van der Waals surface area contributed by atoms with Crippen molar-refractivity contribution in [2.24, 2.45) is 5.10 Å². The normalized spacial score (nSPS) is 12.0. The van der Waals surface area contributed by atoms with Gasteiger partial charge in [0.15, 0.2) is 11.5 Å². The Morgan fingerprint density at radius 1 is 1.32 bits per heavy atom. The quantitative estimate of drug-likeness (QED) is 0.486. The van der Waals surface area contributed by atoms with Crippen LogP contribution >= 0.6 is 15.9 Å². The molecule has 0 bridgehead atoms. The maximum absolute atomic E-state index is 12.0. The maximum atomic E-state index is 12.0. The molecule has 0 radical (unpaired) electrons. The summed E-state index contributed by atoms with van der Waals surface area (Å²) in [6.07, 6.45) is 1.46. The monoisotopic (exact) mass is 405 g/mol. The SMILES string of the molecule is CCOc1ccc(C=NNC(=O)C(C)Nc2ccc(Br)cc2)cc1O. The van der Waals surface area contributed by atoms with Crippen LogP contribution in [0, 0.1) is 0 Å². The highest BCUT2D eigenvalue weighted by atomic mass is 79.9. The molecule has 2 rings (SSSR count). The molecule has 2 aromatic carbocycles. The molecule has 6 nitrogen and oxygen atoms in total. The second kappa shape index (κ2) is 9.08.